The van der Waals surface area contributed by atoms with Crippen LogP contribution < -0.4 is 19.7 Å². The van der Waals surface area contributed by atoms with Crippen LogP contribution in [0.1, 0.15) is 118 Å². The molecular formula is C48H58N8O7S. The summed E-state index contributed by atoms with van der Waals surface area (Å²) in [5.74, 6) is 0.669. The molecule has 4 N–H and O–H groups in total. The van der Waals surface area contributed by atoms with Crippen molar-refractivity contribution in [2.45, 2.75) is 113 Å². The number of nitro groups is 1. The number of hydrogen-bond acceptors (Lipinski definition) is 12. The number of rotatable bonds is 13. The van der Waals surface area contributed by atoms with Gasteiger partial charge in [-0.25, -0.2) is 23.1 Å². The third-order valence-electron chi connectivity index (χ3n) is 14.4. The van der Waals surface area contributed by atoms with Crippen molar-refractivity contribution in [2.24, 2.45) is 11.3 Å². The van der Waals surface area contributed by atoms with Gasteiger partial charge in [-0.05, 0) is 130 Å². The number of pyridine rings is 2. The number of sulfonamides is 1. The van der Waals surface area contributed by atoms with Gasteiger partial charge >= 0.3 is 5.69 Å². The number of nitrogens with zero attached hydrogens (tertiary/aromatic N) is 5. The first-order valence-corrected chi connectivity index (χ1v) is 24.2. The fourth-order valence-corrected chi connectivity index (χ4v) is 11.6. The molecule has 0 radical (unpaired) electrons. The van der Waals surface area contributed by atoms with Crippen LogP contribution in [0.3, 0.4) is 0 Å². The second kappa shape index (κ2) is 17.4. The van der Waals surface area contributed by atoms with Crippen LogP contribution in [0, 0.1) is 21.4 Å². The molecule has 4 aliphatic rings. The average Bonchev–Trinajstić information content (AvgIpc) is 3.95. The Balaban J connectivity index is 0.916. The Bertz CT molecular complexity index is 2640. The number of ether oxygens (including phenoxy) is 1. The van der Waals surface area contributed by atoms with Gasteiger partial charge in [-0.1, -0.05) is 38.1 Å². The van der Waals surface area contributed by atoms with Crippen LogP contribution in [0.15, 0.2) is 84.1 Å². The summed E-state index contributed by atoms with van der Waals surface area (Å²) in [5.41, 5.74) is 3.26. The minimum absolute atomic E-state index is 0.0614. The third kappa shape index (κ3) is 9.04. The van der Waals surface area contributed by atoms with Gasteiger partial charge in [-0.2, -0.15) is 0 Å². The zero-order valence-electron chi connectivity index (χ0n) is 36.8. The molecule has 15 nitrogen and oxygen atoms in total. The normalized spacial score (nSPS) is 22.7. The van der Waals surface area contributed by atoms with Crippen molar-refractivity contribution in [1.82, 2.24) is 24.6 Å². The number of benzene rings is 2. The number of H-pyrrole nitrogens is 1. The summed E-state index contributed by atoms with van der Waals surface area (Å²) in [7, 11) is -4.60. The highest BCUT2D eigenvalue weighted by atomic mass is 32.2. The SMILES string of the molecule is CC(C)c1ccccc1C1CCCN1C1CC2(CCN(c3cc(Oc4cnc5[nH]ccc5c4)ccc3C(=O)NS(=O)(=O)c3cnc(NCC4CCC(C)(O)CC4)c([N+](=O)[O-])c3)CC2)C1. The summed E-state index contributed by atoms with van der Waals surface area (Å²) in [6.07, 6.45) is 13.7. The van der Waals surface area contributed by atoms with Gasteiger partial charge in [-0.3, -0.25) is 19.8 Å². The van der Waals surface area contributed by atoms with Crippen molar-refractivity contribution in [3.05, 3.63) is 106 Å². The van der Waals surface area contributed by atoms with Crippen LogP contribution >= 0.6 is 0 Å². The van der Waals surface area contributed by atoms with E-state index in [1.807, 2.05) is 12.1 Å². The van der Waals surface area contributed by atoms with Crippen molar-refractivity contribution in [1.29, 1.82) is 0 Å². The lowest BCUT2D eigenvalue weighted by Gasteiger charge is -2.56. The maximum absolute atomic E-state index is 14.1. The molecule has 2 aliphatic carbocycles. The number of carbonyl (C=O) groups is 1. The molecule has 2 saturated heterocycles. The summed E-state index contributed by atoms with van der Waals surface area (Å²) in [4.78, 5) is 41.6. The molecule has 5 heterocycles. The smallest absolute Gasteiger partial charge is 0.312 e. The number of likely N-dealkylation sites (tertiary alicyclic amines) is 1. The number of aliphatic hydroxyl groups is 1. The largest absolute Gasteiger partial charge is 0.456 e. The maximum Gasteiger partial charge on any atom is 0.312 e. The van der Waals surface area contributed by atoms with Crippen LogP contribution in [0.2, 0.25) is 0 Å². The van der Waals surface area contributed by atoms with E-state index in [1.54, 1.807) is 37.5 Å². The number of hydrogen-bond donors (Lipinski definition) is 4. The molecular weight excluding hydrogens is 833 g/mol. The van der Waals surface area contributed by atoms with Gasteiger partial charge in [0, 0.05) is 55.4 Å². The predicted octanol–water partition coefficient (Wildman–Crippen LogP) is 8.84. The Labute approximate surface area is 374 Å². The summed E-state index contributed by atoms with van der Waals surface area (Å²) < 4.78 is 36.0. The lowest BCUT2D eigenvalue weighted by atomic mass is 9.59. The first kappa shape index (κ1) is 43.7. The second-order valence-electron chi connectivity index (χ2n) is 19.1. The van der Waals surface area contributed by atoms with Gasteiger partial charge < -0.3 is 25.0 Å². The van der Waals surface area contributed by atoms with E-state index < -0.39 is 37.0 Å². The third-order valence-corrected chi connectivity index (χ3v) is 15.7. The van der Waals surface area contributed by atoms with Crippen molar-refractivity contribution >= 4 is 44.2 Å². The van der Waals surface area contributed by atoms with Crippen LogP contribution in [-0.2, 0) is 10.0 Å². The summed E-state index contributed by atoms with van der Waals surface area (Å²) >= 11 is 0. The summed E-state index contributed by atoms with van der Waals surface area (Å²) in [5, 5.41) is 26.4. The van der Waals surface area contributed by atoms with E-state index >= 15 is 0 Å². The summed E-state index contributed by atoms with van der Waals surface area (Å²) in [6, 6.07) is 19.5. The molecule has 0 bridgehead atoms. The first-order chi connectivity index (χ1) is 30.7. The van der Waals surface area contributed by atoms with E-state index in [0.717, 1.165) is 68.4 Å². The molecule has 1 spiro atoms. The Morgan fingerprint density at radius 1 is 0.984 bits per heavy atom. The molecule has 2 saturated carbocycles. The van der Waals surface area contributed by atoms with Crippen LogP contribution in [0.4, 0.5) is 17.2 Å². The average molecular weight is 891 g/mol. The van der Waals surface area contributed by atoms with Gasteiger partial charge in [0.1, 0.15) is 22.0 Å². The Morgan fingerprint density at radius 2 is 1.75 bits per heavy atom. The molecule has 1 atom stereocenters. The number of amides is 1. The van der Waals surface area contributed by atoms with Crippen molar-refractivity contribution < 1.29 is 28.0 Å². The lowest BCUT2D eigenvalue weighted by molar-refractivity contribution is -0.384. The van der Waals surface area contributed by atoms with E-state index in [9.17, 15) is 28.4 Å². The Hall–Kier alpha value is -5.58. The number of fused-ring (bicyclic) bond motifs is 1. The fourth-order valence-electron chi connectivity index (χ4n) is 10.7. The molecule has 1 unspecified atom stereocenters. The van der Waals surface area contributed by atoms with Crippen molar-refractivity contribution in [3.8, 4) is 11.5 Å². The van der Waals surface area contributed by atoms with Gasteiger partial charge in [-0.15, -0.1) is 0 Å². The highest BCUT2D eigenvalue weighted by molar-refractivity contribution is 7.90. The van der Waals surface area contributed by atoms with E-state index in [-0.39, 0.29) is 22.7 Å². The fraction of sp³-hybridized carbons (Fsp3) is 0.479. The molecule has 64 heavy (non-hydrogen) atoms. The van der Waals surface area contributed by atoms with Gasteiger partial charge in [0.15, 0.2) is 0 Å². The standard InChI is InChI=1S/C48H58N8O7S/c1-31(2)38-7-4-5-8-39(38)41-9-6-20-55(41)34-26-48(27-34)17-21-54(22-18-48)42-24-35(63-36-23-33-14-19-49-44(33)51-29-36)10-11-40(42)46(57)53-64(61,62)37-25-43(56(59)60)45(52-30-37)50-28-32-12-15-47(3,58)16-13-32/h4-5,7-8,10-11,14,19,23-25,29-32,34,41,58H,6,9,12-13,15-18,20-22,26-28H2,1-3H3,(H,49,51)(H,50,52)(H,53,57). The molecule has 2 aliphatic heterocycles. The van der Waals surface area contributed by atoms with Crippen LogP contribution in [0.25, 0.3) is 11.0 Å². The van der Waals surface area contributed by atoms with E-state index in [1.165, 1.54) is 24.0 Å². The number of nitrogens with one attached hydrogen (secondary N) is 3. The molecule has 5 aromatic rings. The second-order valence-corrected chi connectivity index (χ2v) is 20.8. The van der Waals surface area contributed by atoms with Crippen molar-refractivity contribution in [2.75, 3.05) is 36.4 Å². The topological polar surface area (TPSA) is 196 Å². The predicted molar refractivity (Wildman–Crippen MR) is 245 cm³/mol. The quantitative estimate of drug-likeness (QED) is 0.0649. The molecule has 3 aromatic heterocycles. The van der Waals surface area contributed by atoms with E-state index in [0.29, 0.717) is 67.7 Å². The molecule has 16 heteroatoms. The number of anilines is 2. The molecule has 1 amide bonds. The van der Waals surface area contributed by atoms with E-state index in [4.69, 9.17) is 4.74 Å². The minimum atomic E-state index is -4.60. The van der Waals surface area contributed by atoms with Gasteiger partial charge in [0.25, 0.3) is 15.9 Å². The van der Waals surface area contributed by atoms with Crippen LogP contribution in [0.5, 0.6) is 11.5 Å². The Morgan fingerprint density at radius 3 is 2.50 bits per heavy atom. The van der Waals surface area contributed by atoms with Gasteiger partial charge in [0.05, 0.1) is 34.2 Å². The molecule has 2 aromatic carbocycles. The first-order valence-electron chi connectivity index (χ1n) is 22.7. The Kier molecular flexibility index (Phi) is 11.9. The molecule has 9 rings (SSSR count). The van der Waals surface area contributed by atoms with Gasteiger partial charge in [0.2, 0.25) is 5.82 Å². The number of carbonyl (C=O) groups excluding carboxylic acids is 1. The molecule has 4 fully saturated rings. The monoisotopic (exact) mass is 890 g/mol. The zero-order valence-corrected chi connectivity index (χ0v) is 37.6. The zero-order chi connectivity index (χ0) is 44.8. The number of aromatic amines is 1. The van der Waals surface area contributed by atoms with Crippen LogP contribution in [-0.4, -0.2) is 82.0 Å². The number of aromatic nitrogens is 3. The molecule has 338 valence electrons. The lowest BCUT2D eigenvalue weighted by Crippen LogP contribution is -2.55. The van der Waals surface area contributed by atoms with E-state index in [2.05, 4.69) is 72.9 Å². The highest BCUT2D eigenvalue weighted by Gasteiger charge is 2.50. The van der Waals surface area contributed by atoms with Crippen molar-refractivity contribution in [3.63, 3.8) is 0 Å². The summed E-state index contributed by atoms with van der Waals surface area (Å²) in [6.45, 7) is 9.19. The minimum Gasteiger partial charge on any atom is -0.456 e. The highest BCUT2D eigenvalue weighted by Crippen LogP contribution is 2.54. The number of piperidine rings is 1. The maximum atomic E-state index is 14.1.